The Morgan fingerprint density at radius 2 is 1.58 bits per heavy atom. The van der Waals surface area contributed by atoms with Crippen molar-refractivity contribution in [3.63, 3.8) is 0 Å². The second-order valence-electron chi connectivity index (χ2n) is 5.22. The van der Waals surface area contributed by atoms with Gasteiger partial charge in [-0.1, -0.05) is 43.3 Å². The van der Waals surface area contributed by atoms with Gasteiger partial charge in [0.15, 0.2) is 0 Å². The van der Waals surface area contributed by atoms with Crippen molar-refractivity contribution < 1.29 is 0 Å². The summed E-state index contributed by atoms with van der Waals surface area (Å²) in [6, 6.07) is 15.5. The molecule has 2 aromatic carbocycles. The van der Waals surface area contributed by atoms with E-state index in [0.29, 0.717) is 0 Å². The molecule has 0 amide bonds. The van der Waals surface area contributed by atoms with Crippen molar-refractivity contribution >= 4 is 10.9 Å². The molecule has 96 valence electrons. The zero-order valence-corrected chi connectivity index (χ0v) is 11.7. The summed E-state index contributed by atoms with van der Waals surface area (Å²) in [5.74, 6) is 0. The predicted octanol–water partition coefficient (Wildman–Crippen LogP) is 5.01. The van der Waals surface area contributed by atoms with Gasteiger partial charge in [0.25, 0.3) is 0 Å². The number of rotatable bonds is 2. The third-order valence-corrected chi connectivity index (χ3v) is 3.89. The number of benzene rings is 2. The fourth-order valence-electron chi connectivity index (χ4n) is 2.58. The number of nitrogens with one attached hydrogen (secondary N) is 1. The van der Waals surface area contributed by atoms with E-state index < -0.39 is 0 Å². The Labute approximate surface area is 114 Å². The SMILES string of the molecule is CCc1ccc(-c2cc3c(C)ccc(C)c3[nH]2)cc1. The van der Waals surface area contributed by atoms with Gasteiger partial charge in [-0.15, -0.1) is 0 Å². The lowest BCUT2D eigenvalue weighted by Crippen LogP contribution is -1.81. The van der Waals surface area contributed by atoms with E-state index in [1.54, 1.807) is 0 Å². The second kappa shape index (κ2) is 4.58. The summed E-state index contributed by atoms with van der Waals surface area (Å²) in [6.45, 7) is 6.51. The lowest BCUT2D eigenvalue weighted by Gasteiger charge is -2.00. The lowest BCUT2D eigenvalue weighted by molar-refractivity contribution is 1.14. The number of aromatic nitrogens is 1. The number of H-pyrrole nitrogens is 1. The molecule has 1 aromatic heterocycles. The average Bonchev–Trinajstić information content (AvgIpc) is 2.89. The molecule has 0 saturated carbocycles. The van der Waals surface area contributed by atoms with Gasteiger partial charge < -0.3 is 4.98 Å². The van der Waals surface area contributed by atoms with Gasteiger partial charge in [0, 0.05) is 16.6 Å². The molecule has 0 bridgehead atoms. The summed E-state index contributed by atoms with van der Waals surface area (Å²) in [4.78, 5) is 3.56. The van der Waals surface area contributed by atoms with Crippen LogP contribution in [-0.4, -0.2) is 4.98 Å². The van der Waals surface area contributed by atoms with E-state index in [9.17, 15) is 0 Å². The molecule has 0 spiro atoms. The molecule has 1 heteroatoms. The second-order valence-corrected chi connectivity index (χ2v) is 5.22. The van der Waals surface area contributed by atoms with Crippen molar-refractivity contribution in [2.75, 3.05) is 0 Å². The zero-order chi connectivity index (χ0) is 13.4. The molecular formula is C18H19N. The Bertz CT molecular complexity index is 678. The Hall–Kier alpha value is -2.02. The van der Waals surface area contributed by atoms with Crippen LogP contribution in [0.5, 0.6) is 0 Å². The Kier molecular flexibility index (Phi) is 2.90. The molecule has 0 aliphatic rings. The number of aromatic amines is 1. The molecule has 19 heavy (non-hydrogen) atoms. The largest absolute Gasteiger partial charge is 0.354 e. The smallest absolute Gasteiger partial charge is 0.0491 e. The van der Waals surface area contributed by atoms with Crippen LogP contribution in [0.1, 0.15) is 23.6 Å². The number of fused-ring (bicyclic) bond motifs is 1. The molecule has 0 radical (unpaired) electrons. The zero-order valence-electron chi connectivity index (χ0n) is 11.7. The minimum atomic E-state index is 1.09. The van der Waals surface area contributed by atoms with Crippen molar-refractivity contribution in [3.8, 4) is 11.3 Å². The third-order valence-electron chi connectivity index (χ3n) is 3.89. The standard InChI is InChI=1S/C18H19N/c1-4-14-7-9-15(10-8-14)17-11-16-12(2)5-6-13(3)18(16)19-17/h5-11,19H,4H2,1-3H3. The Balaban J connectivity index is 2.14. The summed E-state index contributed by atoms with van der Waals surface area (Å²) >= 11 is 0. The molecule has 0 atom stereocenters. The molecule has 0 aliphatic heterocycles. The molecule has 0 unspecified atom stereocenters. The van der Waals surface area contributed by atoms with Gasteiger partial charge in [-0.05, 0) is 48.6 Å². The maximum atomic E-state index is 3.56. The summed E-state index contributed by atoms with van der Waals surface area (Å²) in [5.41, 5.74) is 7.73. The van der Waals surface area contributed by atoms with Crippen LogP contribution in [0.2, 0.25) is 0 Å². The van der Waals surface area contributed by atoms with Crippen LogP contribution >= 0.6 is 0 Å². The number of hydrogen-bond donors (Lipinski definition) is 1. The van der Waals surface area contributed by atoms with Crippen molar-refractivity contribution in [1.29, 1.82) is 0 Å². The van der Waals surface area contributed by atoms with E-state index in [1.807, 2.05) is 0 Å². The quantitative estimate of drug-likeness (QED) is 0.656. The normalized spacial score (nSPS) is 11.1. The highest BCUT2D eigenvalue weighted by molar-refractivity contribution is 5.90. The van der Waals surface area contributed by atoms with Crippen LogP contribution < -0.4 is 0 Å². The van der Waals surface area contributed by atoms with Crippen LogP contribution in [0.25, 0.3) is 22.2 Å². The molecule has 3 aromatic rings. The van der Waals surface area contributed by atoms with E-state index in [4.69, 9.17) is 0 Å². The molecular weight excluding hydrogens is 230 g/mol. The highest BCUT2D eigenvalue weighted by atomic mass is 14.7. The van der Waals surface area contributed by atoms with Gasteiger partial charge in [0.1, 0.15) is 0 Å². The highest BCUT2D eigenvalue weighted by Gasteiger charge is 2.07. The summed E-state index contributed by atoms with van der Waals surface area (Å²) in [7, 11) is 0. The first-order chi connectivity index (χ1) is 9.19. The first-order valence-corrected chi connectivity index (χ1v) is 6.87. The topological polar surface area (TPSA) is 15.8 Å². The van der Waals surface area contributed by atoms with E-state index >= 15 is 0 Å². The van der Waals surface area contributed by atoms with Crippen molar-refractivity contribution in [3.05, 3.63) is 59.2 Å². The maximum absolute atomic E-state index is 3.56. The predicted molar refractivity (Wildman–Crippen MR) is 82.6 cm³/mol. The van der Waals surface area contributed by atoms with Crippen molar-refractivity contribution in [1.82, 2.24) is 4.98 Å². The fraction of sp³-hybridized carbons (Fsp3) is 0.222. The summed E-state index contributed by atoms with van der Waals surface area (Å²) in [6.07, 6.45) is 1.09. The first kappa shape index (κ1) is 12.0. The van der Waals surface area contributed by atoms with Crippen LogP contribution in [0.3, 0.4) is 0 Å². The monoisotopic (exact) mass is 249 g/mol. The van der Waals surface area contributed by atoms with Gasteiger partial charge in [-0.25, -0.2) is 0 Å². The summed E-state index contributed by atoms with van der Waals surface area (Å²) in [5, 5.41) is 1.33. The van der Waals surface area contributed by atoms with E-state index in [1.165, 1.54) is 38.9 Å². The molecule has 0 aliphatic carbocycles. The van der Waals surface area contributed by atoms with E-state index in [2.05, 4.69) is 68.2 Å². The molecule has 3 rings (SSSR count). The van der Waals surface area contributed by atoms with E-state index in [-0.39, 0.29) is 0 Å². The van der Waals surface area contributed by atoms with Crippen LogP contribution in [-0.2, 0) is 6.42 Å². The van der Waals surface area contributed by atoms with Crippen molar-refractivity contribution in [2.24, 2.45) is 0 Å². The number of aryl methyl sites for hydroxylation is 3. The average molecular weight is 249 g/mol. The molecule has 0 saturated heterocycles. The molecule has 0 fully saturated rings. The molecule has 1 heterocycles. The Morgan fingerprint density at radius 3 is 2.21 bits per heavy atom. The van der Waals surface area contributed by atoms with Crippen LogP contribution in [0.4, 0.5) is 0 Å². The van der Waals surface area contributed by atoms with Gasteiger partial charge in [0.05, 0.1) is 0 Å². The molecule has 1 nitrogen and oxygen atoms in total. The summed E-state index contributed by atoms with van der Waals surface area (Å²) < 4.78 is 0. The van der Waals surface area contributed by atoms with E-state index in [0.717, 1.165) is 6.42 Å². The first-order valence-electron chi connectivity index (χ1n) is 6.87. The Morgan fingerprint density at radius 1 is 0.895 bits per heavy atom. The van der Waals surface area contributed by atoms with Gasteiger partial charge in [0.2, 0.25) is 0 Å². The minimum absolute atomic E-state index is 1.09. The van der Waals surface area contributed by atoms with Gasteiger partial charge in [-0.3, -0.25) is 0 Å². The van der Waals surface area contributed by atoms with Gasteiger partial charge in [-0.2, -0.15) is 0 Å². The molecule has 1 N–H and O–H groups in total. The maximum Gasteiger partial charge on any atom is 0.0491 e. The minimum Gasteiger partial charge on any atom is -0.354 e. The van der Waals surface area contributed by atoms with Crippen LogP contribution in [0.15, 0.2) is 42.5 Å². The third kappa shape index (κ3) is 2.06. The highest BCUT2D eigenvalue weighted by Crippen LogP contribution is 2.28. The van der Waals surface area contributed by atoms with Gasteiger partial charge >= 0.3 is 0 Å². The fourth-order valence-corrected chi connectivity index (χ4v) is 2.58. The number of hydrogen-bond acceptors (Lipinski definition) is 0. The lowest BCUT2D eigenvalue weighted by atomic mass is 10.1. The van der Waals surface area contributed by atoms with Crippen molar-refractivity contribution in [2.45, 2.75) is 27.2 Å². The van der Waals surface area contributed by atoms with Crippen LogP contribution in [0, 0.1) is 13.8 Å².